The molecule has 0 saturated carbocycles. The minimum Gasteiger partial charge on any atom is -0.300 e. The third kappa shape index (κ3) is 2.14. The summed E-state index contributed by atoms with van der Waals surface area (Å²) in [6.07, 6.45) is 0. The SMILES string of the molecule is CCn1c(-c2cc(F)cc([N+](=O)[O-])c2)n[nH]c1=S. The summed E-state index contributed by atoms with van der Waals surface area (Å²) < 4.78 is 15.4. The molecular formula is C10H9FN4O2S. The lowest BCUT2D eigenvalue weighted by Gasteiger charge is -2.03. The average Bonchev–Trinajstić information content (AvgIpc) is 2.69. The third-order valence-corrected chi connectivity index (χ3v) is 2.74. The van der Waals surface area contributed by atoms with Crippen LogP contribution in [0.15, 0.2) is 18.2 Å². The van der Waals surface area contributed by atoms with E-state index in [-0.39, 0.29) is 5.69 Å². The van der Waals surface area contributed by atoms with E-state index in [1.807, 2.05) is 6.92 Å². The third-order valence-electron chi connectivity index (χ3n) is 2.43. The lowest BCUT2D eigenvalue weighted by atomic mass is 10.2. The molecule has 0 spiro atoms. The van der Waals surface area contributed by atoms with Gasteiger partial charge in [-0.15, -0.1) is 0 Å². The molecule has 18 heavy (non-hydrogen) atoms. The summed E-state index contributed by atoms with van der Waals surface area (Å²) in [5.74, 6) is -0.305. The van der Waals surface area contributed by atoms with Crippen LogP contribution < -0.4 is 0 Å². The molecule has 0 unspecified atom stereocenters. The van der Waals surface area contributed by atoms with Gasteiger partial charge in [-0.3, -0.25) is 15.2 Å². The molecule has 0 fully saturated rings. The van der Waals surface area contributed by atoms with Gasteiger partial charge < -0.3 is 4.57 Å². The maximum atomic E-state index is 13.3. The highest BCUT2D eigenvalue weighted by atomic mass is 32.1. The number of aromatic nitrogens is 3. The van der Waals surface area contributed by atoms with Gasteiger partial charge in [0.1, 0.15) is 5.82 Å². The molecule has 2 rings (SSSR count). The van der Waals surface area contributed by atoms with Crippen molar-refractivity contribution >= 4 is 17.9 Å². The lowest BCUT2D eigenvalue weighted by Crippen LogP contribution is -1.99. The van der Waals surface area contributed by atoms with Crippen molar-refractivity contribution in [1.82, 2.24) is 14.8 Å². The van der Waals surface area contributed by atoms with Crippen molar-refractivity contribution in [2.45, 2.75) is 13.5 Å². The second kappa shape index (κ2) is 4.65. The fraction of sp³-hybridized carbons (Fsp3) is 0.200. The molecule has 1 aromatic carbocycles. The largest absolute Gasteiger partial charge is 0.300 e. The molecule has 0 saturated heterocycles. The fourth-order valence-corrected chi connectivity index (χ4v) is 1.90. The second-order valence-electron chi connectivity index (χ2n) is 3.55. The lowest BCUT2D eigenvalue weighted by molar-refractivity contribution is -0.385. The van der Waals surface area contributed by atoms with E-state index in [0.29, 0.717) is 22.7 Å². The van der Waals surface area contributed by atoms with Gasteiger partial charge in [0.25, 0.3) is 5.69 Å². The van der Waals surface area contributed by atoms with Crippen molar-refractivity contribution < 1.29 is 9.31 Å². The topological polar surface area (TPSA) is 76.8 Å². The zero-order chi connectivity index (χ0) is 13.3. The number of nitro benzene ring substituents is 1. The molecule has 0 amide bonds. The van der Waals surface area contributed by atoms with Gasteiger partial charge in [-0.2, -0.15) is 5.10 Å². The van der Waals surface area contributed by atoms with E-state index in [0.717, 1.165) is 6.07 Å². The number of halogens is 1. The predicted molar refractivity (Wildman–Crippen MR) is 65.1 cm³/mol. The Hall–Kier alpha value is -2.09. The van der Waals surface area contributed by atoms with Crippen LogP contribution in [0.4, 0.5) is 10.1 Å². The number of hydrogen-bond acceptors (Lipinski definition) is 4. The number of nitro groups is 1. The number of hydrogen-bond donors (Lipinski definition) is 1. The molecule has 0 aliphatic rings. The summed E-state index contributed by atoms with van der Waals surface area (Å²) in [7, 11) is 0. The van der Waals surface area contributed by atoms with E-state index >= 15 is 0 Å². The van der Waals surface area contributed by atoms with Crippen LogP contribution in [0.1, 0.15) is 6.92 Å². The van der Waals surface area contributed by atoms with Crippen molar-refractivity contribution in [2.24, 2.45) is 0 Å². The molecule has 94 valence electrons. The standard InChI is InChI=1S/C10H9FN4O2S/c1-2-14-9(12-13-10(14)18)6-3-7(11)5-8(4-6)15(16)17/h3-5H,2H2,1H3,(H,13,18). The van der Waals surface area contributed by atoms with Gasteiger partial charge in [-0.25, -0.2) is 4.39 Å². The monoisotopic (exact) mass is 268 g/mol. The number of non-ortho nitro benzene ring substituents is 1. The van der Waals surface area contributed by atoms with Gasteiger partial charge in [0.15, 0.2) is 10.6 Å². The first-order chi connectivity index (χ1) is 8.52. The smallest absolute Gasteiger partial charge is 0.273 e. The van der Waals surface area contributed by atoms with Crippen LogP contribution in [0, 0.1) is 20.7 Å². The summed E-state index contributed by atoms with van der Waals surface area (Å²) in [6, 6.07) is 3.31. The minimum absolute atomic E-state index is 0.316. The van der Waals surface area contributed by atoms with Gasteiger partial charge in [0, 0.05) is 18.2 Å². The van der Waals surface area contributed by atoms with Gasteiger partial charge in [-0.05, 0) is 25.2 Å². The molecule has 1 heterocycles. The zero-order valence-corrected chi connectivity index (χ0v) is 10.2. The Morgan fingerprint density at radius 3 is 2.89 bits per heavy atom. The van der Waals surface area contributed by atoms with Crippen molar-refractivity contribution in [3.05, 3.63) is 38.9 Å². The van der Waals surface area contributed by atoms with Crippen LogP contribution in [-0.2, 0) is 6.54 Å². The van der Waals surface area contributed by atoms with Crippen LogP contribution in [-0.4, -0.2) is 19.7 Å². The Balaban J connectivity index is 2.63. The maximum absolute atomic E-state index is 13.3. The maximum Gasteiger partial charge on any atom is 0.273 e. The molecular weight excluding hydrogens is 259 g/mol. The summed E-state index contributed by atoms with van der Waals surface area (Å²) in [5, 5.41) is 17.2. The second-order valence-corrected chi connectivity index (χ2v) is 3.94. The minimum atomic E-state index is -0.684. The Morgan fingerprint density at radius 2 is 2.28 bits per heavy atom. The molecule has 1 aromatic heterocycles. The van der Waals surface area contributed by atoms with Crippen molar-refractivity contribution in [3.8, 4) is 11.4 Å². The molecule has 0 aliphatic carbocycles. The summed E-state index contributed by atoms with van der Waals surface area (Å²) in [6.45, 7) is 2.39. The van der Waals surface area contributed by atoms with E-state index in [1.165, 1.54) is 12.1 Å². The number of aromatic amines is 1. The fourth-order valence-electron chi connectivity index (χ4n) is 1.64. The van der Waals surface area contributed by atoms with Crippen LogP contribution in [0.3, 0.4) is 0 Å². The van der Waals surface area contributed by atoms with Crippen molar-refractivity contribution in [1.29, 1.82) is 0 Å². The van der Waals surface area contributed by atoms with Crippen molar-refractivity contribution in [3.63, 3.8) is 0 Å². The molecule has 2 aromatic rings. The Bertz CT molecular complexity index is 664. The van der Waals surface area contributed by atoms with Gasteiger partial charge >= 0.3 is 0 Å². The zero-order valence-electron chi connectivity index (χ0n) is 9.38. The van der Waals surface area contributed by atoms with E-state index < -0.39 is 10.7 Å². The van der Waals surface area contributed by atoms with E-state index in [4.69, 9.17) is 12.2 Å². The van der Waals surface area contributed by atoms with Crippen LogP contribution in [0.5, 0.6) is 0 Å². The van der Waals surface area contributed by atoms with Gasteiger partial charge in [-0.1, -0.05) is 0 Å². The van der Waals surface area contributed by atoms with Crippen molar-refractivity contribution in [2.75, 3.05) is 0 Å². The van der Waals surface area contributed by atoms with E-state index in [9.17, 15) is 14.5 Å². The average molecular weight is 268 g/mol. The highest BCUT2D eigenvalue weighted by Gasteiger charge is 2.14. The molecule has 0 aliphatic heterocycles. The van der Waals surface area contributed by atoms with E-state index in [1.54, 1.807) is 4.57 Å². The number of H-pyrrole nitrogens is 1. The van der Waals surface area contributed by atoms with Gasteiger partial charge in [0.2, 0.25) is 0 Å². The first kappa shape index (κ1) is 12.4. The highest BCUT2D eigenvalue weighted by molar-refractivity contribution is 7.71. The Kier molecular flexibility index (Phi) is 3.19. The van der Waals surface area contributed by atoms with E-state index in [2.05, 4.69) is 10.2 Å². The molecule has 0 radical (unpaired) electrons. The number of nitrogens with one attached hydrogen (secondary N) is 1. The quantitative estimate of drug-likeness (QED) is 0.527. The van der Waals surface area contributed by atoms with Gasteiger partial charge in [0.05, 0.1) is 11.0 Å². The first-order valence-electron chi connectivity index (χ1n) is 5.13. The van der Waals surface area contributed by atoms with Crippen LogP contribution >= 0.6 is 12.2 Å². The molecule has 6 nitrogen and oxygen atoms in total. The Labute approximate surface area is 106 Å². The normalized spacial score (nSPS) is 10.6. The first-order valence-corrected chi connectivity index (χ1v) is 5.54. The highest BCUT2D eigenvalue weighted by Crippen LogP contribution is 2.24. The predicted octanol–water partition coefficient (Wildman–Crippen LogP) is 2.67. The molecule has 1 N–H and O–H groups in total. The molecule has 0 atom stereocenters. The molecule has 8 heteroatoms. The van der Waals surface area contributed by atoms with Crippen LogP contribution in [0.2, 0.25) is 0 Å². The summed E-state index contributed by atoms with van der Waals surface area (Å²) in [4.78, 5) is 10.0. The Morgan fingerprint density at radius 1 is 1.56 bits per heavy atom. The number of benzene rings is 1. The molecule has 0 bridgehead atoms. The summed E-state index contributed by atoms with van der Waals surface area (Å²) >= 11 is 5.01. The van der Waals surface area contributed by atoms with Crippen LogP contribution in [0.25, 0.3) is 11.4 Å². The summed E-state index contributed by atoms with van der Waals surface area (Å²) in [5.41, 5.74) is -0.00234. The number of rotatable bonds is 3. The number of nitrogens with zero attached hydrogens (tertiary/aromatic N) is 3.